The van der Waals surface area contributed by atoms with E-state index in [4.69, 9.17) is 0 Å². The molecule has 1 saturated carbocycles. The molecule has 102 valence electrons. The minimum absolute atomic E-state index is 0.224. The molecule has 2 rings (SSSR count). The number of ether oxygens (including phenoxy) is 1. The number of hydrogen-bond donors (Lipinski definition) is 1. The van der Waals surface area contributed by atoms with Gasteiger partial charge in [0.15, 0.2) is 0 Å². The fraction of sp³-hybridized carbons (Fsp3) is 0.467. The minimum atomic E-state index is -0.922. The number of esters is 1. The summed E-state index contributed by atoms with van der Waals surface area (Å²) in [5.41, 5.74) is 2.54. The molecule has 1 aliphatic rings. The van der Waals surface area contributed by atoms with Gasteiger partial charge >= 0.3 is 5.97 Å². The van der Waals surface area contributed by atoms with Crippen molar-refractivity contribution in [2.24, 2.45) is 5.41 Å². The number of nitrogens with one attached hydrogen (secondary N) is 1. The molecule has 0 aliphatic heterocycles. The van der Waals surface area contributed by atoms with E-state index < -0.39 is 11.4 Å². The van der Waals surface area contributed by atoms with Gasteiger partial charge in [0.1, 0.15) is 5.41 Å². The molecule has 0 unspecified atom stereocenters. The zero-order chi connectivity index (χ0) is 14.0. The second-order valence-electron chi connectivity index (χ2n) is 5.17. The Kier molecular flexibility index (Phi) is 3.60. The third-order valence-corrected chi connectivity index (χ3v) is 3.79. The largest absolute Gasteiger partial charge is 0.468 e. The van der Waals surface area contributed by atoms with E-state index >= 15 is 0 Å². The first kappa shape index (κ1) is 13.6. The number of rotatable bonds is 4. The Morgan fingerprint density at radius 3 is 2.47 bits per heavy atom. The lowest BCUT2D eigenvalue weighted by Gasteiger charge is -2.13. The summed E-state index contributed by atoms with van der Waals surface area (Å²) < 4.78 is 4.69. The highest BCUT2D eigenvalue weighted by Crippen LogP contribution is 2.46. The number of benzene rings is 1. The Bertz CT molecular complexity index is 518. The van der Waals surface area contributed by atoms with Crippen molar-refractivity contribution in [1.82, 2.24) is 5.32 Å². The monoisotopic (exact) mass is 261 g/mol. The summed E-state index contributed by atoms with van der Waals surface area (Å²) in [5, 5.41) is 2.82. The molecule has 1 aromatic carbocycles. The van der Waals surface area contributed by atoms with Gasteiger partial charge in [-0.05, 0) is 43.4 Å². The van der Waals surface area contributed by atoms with Crippen molar-refractivity contribution in [2.45, 2.75) is 33.2 Å². The highest BCUT2D eigenvalue weighted by atomic mass is 16.5. The van der Waals surface area contributed by atoms with Crippen LogP contribution in [0.4, 0.5) is 0 Å². The third-order valence-electron chi connectivity index (χ3n) is 3.79. The van der Waals surface area contributed by atoms with Crippen LogP contribution >= 0.6 is 0 Å². The average molecular weight is 261 g/mol. The molecule has 0 aromatic heterocycles. The summed E-state index contributed by atoms with van der Waals surface area (Å²) in [5.74, 6) is -0.650. The predicted molar refractivity (Wildman–Crippen MR) is 71.4 cm³/mol. The van der Waals surface area contributed by atoms with Gasteiger partial charge in [0, 0.05) is 6.54 Å². The molecule has 4 nitrogen and oxygen atoms in total. The van der Waals surface area contributed by atoms with Crippen LogP contribution in [-0.2, 0) is 20.9 Å². The third kappa shape index (κ3) is 2.62. The van der Waals surface area contributed by atoms with Gasteiger partial charge < -0.3 is 10.1 Å². The lowest BCUT2D eigenvalue weighted by atomic mass is 10.0. The fourth-order valence-electron chi connectivity index (χ4n) is 2.11. The van der Waals surface area contributed by atoms with Crippen LogP contribution in [0.25, 0.3) is 0 Å². The number of hydrogen-bond acceptors (Lipinski definition) is 3. The van der Waals surface area contributed by atoms with E-state index in [0.29, 0.717) is 19.4 Å². The summed E-state index contributed by atoms with van der Waals surface area (Å²) in [6, 6.07) is 6.07. The Morgan fingerprint density at radius 1 is 1.26 bits per heavy atom. The molecule has 1 N–H and O–H groups in total. The van der Waals surface area contributed by atoms with E-state index in [1.165, 1.54) is 18.2 Å². The average Bonchev–Trinajstić information content (AvgIpc) is 3.20. The lowest BCUT2D eigenvalue weighted by molar-refractivity contribution is -0.152. The Balaban J connectivity index is 1.97. The molecule has 0 saturated heterocycles. The summed E-state index contributed by atoms with van der Waals surface area (Å²) in [6.45, 7) is 4.53. The molecular weight excluding hydrogens is 242 g/mol. The fourth-order valence-corrected chi connectivity index (χ4v) is 2.11. The first-order chi connectivity index (χ1) is 8.99. The Labute approximate surface area is 113 Å². The van der Waals surface area contributed by atoms with E-state index in [-0.39, 0.29) is 5.91 Å². The van der Waals surface area contributed by atoms with Gasteiger partial charge in [-0.15, -0.1) is 0 Å². The highest BCUT2D eigenvalue weighted by molar-refractivity contribution is 6.05. The van der Waals surface area contributed by atoms with Crippen molar-refractivity contribution in [1.29, 1.82) is 0 Å². The molecule has 0 bridgehead atoms. The molecule has 0 heterocycles. The van der Waals surface area contributed by atoms with Gasteiger partial charge in [-0.25, -0.2) is 0 Å². The zero-order valence-corrected chi connectivity index (χ0v) is 11.6. The first-order valence-electron chi connectivity index (χ1n) is 6.42. The van der Waals surface area contributed by atoms with Crippen LogP contribution in [0.2, 0.25) is 0 Å². The van der Waals surface area contributed by atoms with Gasteiger partial charge in [-0.1, -0.05) is 18.2 Å². The van der Waals surface area contributed by atoms with Crippen LogP contribution in [-0.4, -0.2) is 19.0 Å². The van der Waals surface area contributed by atoms with Crippen LogP contribution in [0.1, 0.15) is 29.5 Å². The zero-order valence-electron chi connectivity index (χ0n) is 11.6. The van der Waals surface area contributed by atoms with Crippen molar-refractivity contribution in [3.63, 3.8) is 0 Å². The van der Waals surface area contributed by atoms with E-state index in [9.17, 15) is 9.59 Å². The number of aryl methyl sites for hydroxylation is 2. The molecule has 1 aromatic rings. The van der Waals surface area contributed by atoms with E-state index in [1.54, 1.807) is 0 Å². The number of amides is 1. The van der Waals surface area contributed by atoms with Gasteiger partial charge in [-0.3, -0.25) is 9.59 Å². The van der Waals surface area contributed by atoms with Gasteiger partial charge in [0.05, 0.1) is 7.11 Å². The van der Waals surface area contributed by atoms with Crippen molar-refractivity contribution in [3.05, 3.63) is 34.9 Å². The smallest absolute Gasteiger partial charge is 0.321 e. The maximum Gasteiger partial charge on any atom is 0.321 e. The first-order valence-corrected chi connectivity index (χ1v) is 6.42. The second kappa shape index (κ2) is 5.03. The van der Waals surface area contributed by atoms with Crippen LogP contribution in [0.5, 0.6) is 0 Å². The highest BCUT2D eigenvalue weighted by Gasteiger charge is 2.57. The SMILES string of the molecule is COC(=O)C1(C(=O)NCc2ccc(C)c(C)c2)CC1. The predicted octanol–water partition coefficient (Wildman–Crippen LogP) is 1.87. The van der Waals surface area contributed by atoms with Crippen LogP contribution in [0.3, 0.4) is 0 Å². The normalized spacial score (nSPS) is 15.7. The standard InChI is InChI=1S/C15H19NO3/c1-10-4-5-12(8-11(10)2)9-16-13(17)15(6-7-15)14(18)19-3/h4-5,8H,6-7,9H2,1-3H3,(H,16,17). The van der Waals surface area contributed by atoms with Gasteiger partial charge in [0.2, 0.25) is 5.91 Å². The second-order valence-corrected chi connectivity index (χ2v) is 5.17. The van der Waals surface area contributed by atoms with E-state index in [1.807, 2.05) is 32.0 Å². The molecule has 0 spiro atoms. The quantitative estimate of drug-likeness (QED) is 0.665. The Morgan fingerprint density at radius 2 is 1.95 bits per heavy atom. The lowest BCUT2D eigenvalue weighted by Crippen LogP contribution is -2.37. The summed E-state index contributed by atoms with van der Waals surface area (Å²) >= 11 is 0. The molecule has 0 atom stereocenters. The van der Waals surface area contributed by atoms with Crippen molar-refractivity contribution in [3.8, 4) is 0 Å². The molecule has 4 heteroatoms. The number of methoxy groups -OCH3 is 1. The van der Waals surface area contributed by atoms with Gasteiger partial charge in [0.25, 0.3) is 0 Å². The summed E-state index contributed by atoms with van der Waals surface area (Å²) in [4.78, 5) is 23.6. The van der Waals surface area contributed by atoms with Crippen LogP contribution < -0.4 is 5.32 Å². The van der Waals surface area contributed by atoms with Crippen molar-refractivity contribution < 1.29 is 14.3 Å². The Hall–Kier alpha value is -1.84. The molecule has 19 heavy (non-hydrogen) atoms. The number of carbonyl (C=O) groups excluding carboxylic acids is 2. The van der Waals surface area contributed by atoms with Crippen molar-refractivity contribution in [2.75, 3.05) is 7.11 Å². The molecule has 1 aliphatic carbocycles. The maximum atomic E-state index is 12.0. The topological polar surface area (TPSA) is 55.4 Å². The van der Waals surface area contributed by atoms with E-state index in [0.717, 1.165) is 5.56 Å². The van der Waals surface area contributed by atoms with Crippen LogP contribution in [0.15, 0.2) is 18.2 Å². The molecule has 1 amide bonds. The van der Waals surface area contributed by atoms with Gasteiger partial charge in [-0.2, -0.15) is 0 Å². The summed E-state index contributed by atoms with van der Waals surface area (Å²) in [6.07, 6.45) is 1.16. The minimum Gasteiger partial charge on any atom is -0.468 e. The molecular formula is C15H19NO3. The molecule has 1 fully saturated rings. The number of carbonyl (C=O) groups is 2. The summed E-state index contributed by atoms with van der Waals surface area (Å²) in [7, 11) is 1.32. The van der Waals surface area contributed by atoms with Crippen LogP contribution in [0, 0.1) is 19.3 Å². The van der Waals surface area contributed by atoms with E-state index in [2.05, 4.69) is 10.1 Å². The van der Waals surface area contributed by atoms with Crippen molar-refractivity contribution >= 4 is 11.9 Å². The maximum absolute atomic E-state index is 12.0. The molecule has 0 radical (unpaired) electrons.